The first-order valence-corrected chi connectivity index (χ1v) is 9.85. The van der Waals surface area contributed by atoms with E-state index in [4.69, 9.17) is 23.5 Å². The zero-order valence-electron chi connectivity index (χ0n) is 17.6. The third-order valence-electron chi connectivity index (χ3n) is 4.66. The number of esters is 1. The van der Waals surface area contributed by atoms with E-state index in [-0.39, 0.29) is 6.61 Å². The van der Waals surface area contributed by atoms with Crippen LogP contribution in [-0.2, 0) is 11.3 Å². The number of hydrogen-bond donors (Lipinski definition) is 0. The summed E-state index contributed by atoms with van der Waals surface area (Å²) in [5.74, 6) is 2.22. The van der Waals surface area contributed by atoms with E-state index in [2.05, 4.69) is 5.16 Å². The van der Waals surface area contributed by atoms with Crippen LogP contribution in [0.1, 0.15) is 16.1 Å². The Kier molecular flexibility index (Phi) is 6.36. The second kappa shape index (κ2) is 9.70. The number of methoxy groups -OCH3 is 2. The predicted molar refractivity (Wildman–Crippen MR) is 117 cm³/mol. The van der Waals surface area contributed by atoms with Gasteiger partial charge in [-0.05, 0) is 42.5 Å². The summed E-state index contributed by atoms with van der Waals surface area (Å²) in [7, 11) is 3.13. The van der Waals surface area contributed by atoms with Gasteiger partial charge in [-0.3, -0.25) is 0 Å². The van der Waals surface area contributed by atoms with Crippen molar-refractivity contribution in [2.45, 2.75) is 6.61 Å². The van der Waals surface area contributed by atoms with Gasteiger partial charge in [-0.2, -0.15) is 0 Å². The molecule has 7 heteroatoms. The van der Waals surface area contributed by atoms with E-state index in [9.17, 15) is 4.79 Å². The van der Waals surface area contributed by atoms with Crippen LogP contribution >= 0.6 is 0 Å². The molecule has 0 saturated carbocycles. The Bertz CT molecular complexity index is 1200. The lowest BCUT2D eigenvalue weighted by molar-refractivity contribution is 0.0461. The van der Waals surface area contributed by atoms with Crippen molar-refractivity contribution in [2.75, 3.05) is 14.2 Å². The maximum Gasteiger partial charge on any atom is 0.342 e. The first-order valence-electron chi connectivity index (χ1n) is 9.85. The van der Waals surface area contributed by atoms with Crippen molar-refractivity contribution in [1.82, 2.24) is 5.16 Å². The molecule has 0 amide bonds. The fourth-order valence-electron chi connectivity index (χ4n) is 3.06. The number of rotatable bonds is 8. The summed E-state index contributed by atoms with van der Waals surface area (Å²) in [4.78, 5) is 12.7. The smallest absolute Gasteiger partial charge is 0.342 e. The lowest BCUT2D eigenvalue weighted by atomic mass is 10.1. The minimum atomic E-state index is -0.521. The molecule has 0 aliphatic rings. The molecule has 1 aromatic heterocycles. The summed E-state index contributed by atoms with van der Waals surface area (Å²) in [5, 5.41) is 3.99. The van der Waals surface area contributed by atoms with Crippen LogP contribution in [0.25, 0.3) is 11.3 Å². The molecule has 162 valence electrons. The zero-order valence-corrected chi connectivity index (χ0v) is 17.6. The van der Waals surface area contributed by atoms with Crippen LogP contribution in [0.15, 0.2) is 83.4 Å². The molecule has 0 spiro atoms. The lowest BCUT2D eigenvalue weighted by Gasteiger charge is -2.10. The number of carbonyl (C=O) groups excluding carboxylic acids is 1. The van der Waals surface area contributed by atoms with Gasteiger partial charge in [-0.25, -0.2) is 4.79 Å². The fourth-order valence-corrected chi connectivity index (χ4v) is 3.06. The van der Waals surface area contributed by atoms with E-state index >= 15 is 0 Å². The Morgan fingerprint density at radius 1 is 0.844 bits per heavy atom. The third kappa shape index (κ3) is 4.73. The number of aromatic nitrogens is 1. The fraction of sp³-hybridized carbons (Fsp3) is 0.120. The number of benzene rings is 3. The zero-order chi connectivity index (χ0) is 22.3. The van der Waals surface area contributed by atoms with Crippen LogP contribution in [0, 0.1) is 0 Å². The summed E-state index contributed by atoms with van der Waals surface area (Å²) in [5.41, 5.74) is 1.55. The SMILES string of the molecule is COc1ccc(-c2cc(COC(=O)c3ccccc3Oc3ccccc3)no2)cc1OC. The first kappa shape index (κ1) is 21.0. The van der Waals surface area contributed by atoms with Crippen molar-refractivity contribution in [3.8, 4) is 34.3 Å². The van der Waals surface area contributed by atoms with Gasteiger partial charge in [-0.1, -0.05) is 35.5 Å². The van der Waals surface area contributed by atoms with Gasteiger partial charge in [0.2, 0.25) is 0 Å². The molecular weight excluding hydrogens is 410 g/mol. The summed E-state index contributed by atoms with van der Waals surface area (Å²) in [6.45, 7) is -0.0463. The largest absolute Gasteiger partial charge is 0.493 e. The number of nitrogens with zero attached hydrogens (tertiary/aromatic N) is 1. The van der Waals surface area contributed by atoms with Gasteiger partial charge in [0.1, 0.15) is 29.4 Å². The van der Waals surface area contributed by atoms with Crippen LogP contribution in [0.3, 0.4) is 0 Å². The predicted octanol–water partition coefficient (Wildman–Crippen LogP) is 5.51. The van der Waals surface area contributed by atoms with Gasteiger partial charge >= 0.3 is 5.97 Å². The maximum absolute atomic E-state index is 12.7. The molecule has 1 heterocycles. The van der Waals surface area contributed by atoms with Crippen molar-refractivity contribution in [2.24, 2.45) is 0 Å². The summed E-state index contributed by atoms with van der Waals surface area (Å²) in [6, 6.07) is 23.2. The third-order valence-corrected chi connectivity index (χ3v) is 4.66. The molecule has 0 fully saturated rings. The first-order chi connectivity index (χ1) is 15.7. The number of para-hydroxylation sites is 2. The van der Waals surface area contributed by atoms with Crippen molar-refractivity contribution < 1.29 is 28.3 Å². The molecule has 32 heavy (non-hydrogen) atoms. The average molecular weight is 431 g/mol. The maximum atomic E-state index is 12.7. The highest BCUT2D eigenvalue weighted by Crippen LogP contribution is 2.32. The van der Waals surface area contributed by atoms with E-state index in [1.54, 1.807) is 56.7 Å². The van der Waals surface area contributed by atoms with E-state index in [0.29, 0.717) is 40.0 Å². The highest BCUT2D eigenvalue weighted by atomic mass is 16.5. The molecule has 7 nitrogen and oxygen atoms in total. The highest BCUT2D eigenvalue weighted by molar-refractivity contribution is 5.92. The van der Waals surface area contributed by atoms with Gasteiger partial charge in [0.05, 0.1) is 14.2 Å². The van der Waals surface area contributed by atoms with Gasteiger partial charge < -0.3 is 23.5 Å². The van der Waals surface area contributed by atoms with Gasteiger partial charge in [0, 0.05) is 11.6 Å². The van der Waals surface area contributed by atoms with Crippen LogP contribution in [0.5, 0.6) is 23.0 Å². The molecule has 0 aliphatic carbocycles. The van der Waals surface area contributed by atoms with Crippen molar-refractivity contribution in [1.29, 1.82) is 0 Å². The average Bonchev–Trinajstić information content (AvgIpc) is 3.32. The topological polar surface area (TPSA) is 80.0 Å². The van der Waals surface area contributed by atoms with Gasteiger partial charge in [-0.15, -0.1) is 0 Å². The van der Waals surface area contributed by atoms with Gasteiger partial charge in [0.15, 0.2) is 17.3 Å². The monoisotopic (exact) mass is 431 g/mol. The van der Waals surface area contributed by atoms with Crippen LogP contribution < -0.4 is 14.2 Å². The molecule has 0 atom stereocenters. The second-order valence-corrected chi connectivity index (χ2v) is 6.74. The number of hydrogen-bond acceptors (Lipinski definition) is 7. The molecule has 0 radical (unpaired) electrons. The summed E-state index contributed by atoms with van der Waals surface area (Å²) < 4.78 is 27.2. The Balaban J connectivity index is 1.44. The number of carbonyl (C=O) groups is 1. The molecule has 4 rings (SSSR count). The van der Waals surface area contributed by atoms with E-state index in [0.717, 1.165) is 5.56 Å². The molecule has 0 bridgehead atoms. The number of ether oxygens (including phenoxy) is 4. The second-order valence-electron chi connectivity index (χ2n) is 6.74. The summed E-state index contributed by atoms with van der Waals surface area (Å²) >= 11 is 0. The van der Waals surface area contributed by atoms with E-state index in [1.807, 2.05) is 36.4 Å². The molecule has 0 saturated heterocycles. The molecule has 0 aliphatic heterocycles. The van der Waals surface area contributed by atoms with Crippen molar-refractivity contribution in [3.05, 3.63) is 90.1 Å². The quantitative estimate of drug-likeness (QED) is 0.340. The lowest BCUT2D eigenvalue weighted by Crippen LogP contribution is -2.07. The van der Waals surface area contributed by atoms with Gasteiger partial charge in [0.25, 0.3) is 0 Å². The Hall–Kier alpha value is -4.26. The molecule has 3 aromatic carbocycles. The van der Waals surface area contributed by atoms with Crippen LogP contribution in [-0.4, -0.2) is 25.3 Å². The molecule has 0 unspecified atom stereocenters. The van der Waals surface area contributed by atoms with Crippen molar-refractivity contribution in [3.63, 3.8) is 0 Å². The Labute approximate surface area is 185 Å². The minimum absolute atomic E-state index is 0.0463. The van der Waals surface area contributed by atoms with Crippen LogP contribution in [0.4, 0.5) is 0 Å². The highest BCUT2D eigenvalue weighted by Gasteiger charge is 2.16. The Morgan fingerprint density at radius 2 is 1.59 bits per heavy atom. The standard InChI is InChI=1S/C25H21NO6/c1-28-22-13-12-17(14-24(22)29-2)23-15-18(26-32-23)16-30-25(27)20-10-6-7-11-21(20)31-19-8-4-3-5-9-19/h3-15H,16H2,1-2H3. The summed E-state index contributed by atoms with van der Waals surface area (Å²) in [6.07, 6.45) is 0. The molecule has 0 N–H and O–H groups in total. The van der Waals surface area contributed by atoms with Crippen molar-refractivity contribution >= 4 is 5.97 Å². The van der Waals surface area contributed by atoms with E-state index in [1.165, 1.54) is 0 Å². The minimum Gasteiger partial charge on any atom is -0.493 e. The van der Waals surface area contributed by atoms with Crippen LogP contribution in [0.2, 0.25) is 0 Å². The molecular formula is C25H21NO6. The normalized spacial score (nSPS) is 10.4. The molecule has 4 aromatic rings. The Morgan fingerprint density at radius 3 is 2.38 bits per heavy atom. The van der Waals surface area contributed by atoms with E-state index < -0.39 is 5.97 Å².